The van der Waals surface area contributed by atoms with Crippen LogP contribution in [0.15, 0.2) is 0 Å². The Morgan fingerprint density at radius 1 is 1.42 bits per heavy atom. The third kappa shape index (κ3) is 1.78. The molecule has 0 aromatic carbocycles. The Hall–Kier alpha value is -0.570. The van der Waals surface area contributed by atoms with Gasteiger partial charge in [0.15, 0.2) is 0 Å². The Labute approximate surface area is 73.4 Å². The lowest BCUT2D eigenvalue weighted by atomic mass is 9.92. The Balaban J connectivity index is 2.65. The van der Waals surface area contributed by atoms with Crippen molar-refractivity contribution in [3.63, 3.8) is 0 Å². The molecule has 1 aliphatic rings. The molecule has 0 amide bonds. The molecule has 1 N–H and O–H groups in total. The summed E-state index contributed by atoms with van der Waals surface area (Å²) in [6.45, 7) is 0. The quantitative estimate of drug-likeness (QED) is 0.696. The van der Waals surface area contributed by atoms with E-state index in [0.29, 0.717) is 6.42 Å². The molecular formula is C9H17NO2. The Kier molecular flexibility index (Phi) is 2.73. The molecule has 3 heteroatoms. The van der Waals surface area contributed by atoms with Crippen molar-refractivity contribution in [2.75, 3.05) is 14.1 Å². The fraction of sp³-hybridized carbons (Fsp3) is 0.889. The first kappa shape index (κ1) is 9.52. The highest BCUT2D eigenvalue weighted by molar-refractivity contribution is 5.68. The molecule has 1 aliphatic carbocycles. The van der Waals surface area contributed by atoms with Crippen LogP contribution < -0.4 is 0 Å². The van der Waals surface area contributed by atoms with Crippen LogP contribution in [0, 0.1) is 0 Å². The van der Waals surface area contributed by atoms with Crippen LogP contribution in [0.2, 0.25) is 0 Å². The molecule has 3 nitrogen and oxygen atoms in total. The minimum atomic E-state index is -0.675. The lowest BCUT2D eigenvalue weighted by Gasteiger charge is -2.34. The van der Waals surface area contributed by atoms with Crippen molar-refractivity contribution >= 4 is 5.97 Å². The number of carboxylic acid groups (broad SMARTS) is 1. The van der Waals surface area contributed by atoms with Gasteiger partial charge in [-0.1, -0.05) is 12.8 Å². The average Bonchev–Trinajstić information content (AvgIpc) is 2.35. The second-order valence-corrected chi connectivity index (χ2v) is 3.90. The van der Waals surface area contributed by atoms with Gasteiger partial charge in [-0.3, -0.25) is 4.79 Å². The maximum absolute atomic E-state index is 10.6. The Morgan fingerprint density at radius 2 is 1.92 bits per heavy atom. The smallest absolute Gasteiger partial charge is 0.305 e. The summed E-state index contributed by atoms with van der Waals surface area (Å²) in [4.78, 5) is 12.7. The van der Waals surface area contributed by atoms with E-state index in [9.17, 15) is 4.79 Å². The van der Waals surface area contributed by atoms with E-state index in [1.54, 1.807) is 0 Å². The average molecular weight is 171 g/mol. The van der Waals surface area contributed by atoms with E-state index >= 15 is 0 Å². The van der Waals surface area contributed by atoms with Gasteiger partial charge in [-0.2, -0.15) is 0 Å². The SMILES string of the molecule is CN(C)C1(CC(=O)O)CCCC1. The maximum atomic E-state index is 10.6. The fourth-order valence-electron chi connectivity index (χ4n) is 2.10. The highest BCUT2D eigenvalue weighted by Crippen LogP contribution is 2.36. The van der Waals surface area contributed by atoms with Crippen molar-refractivity contribution in [3.8, 4) is 0 Å². The van der Waals surface area contributed by atoms with Crippen LogP contribution >= 0.6 is 0 Å². The predicted molar refractivity (Wildman–Crippen MR) is 47.1 cm³/mol. The molecule has 0 aromatic heterocycles. The van der Waals surface area contributed by atoms with Gasteiger partial charge in [0.1, 0.15) is 0 Å². The Bertz CT molecular complexity index is 171. The van der Waals surface area contributed by atoms with E-state index in [4.69, 9.17) is 5.11 Å². The minimum Gasteiger partial charge on any atom is -0.481 e. The second kappa shape index (κ2) is 3.44. The third-order valence-corrected chi connectivity index (χ3v) is 2.96. The molecule has 0 aliphatic heterocycles. The number of carboxylic acids is 1. The molecule has 0 bridgehead atoms. The van der Waals surface area contributed by atoms with E-state index < -0.39 is 5.97 Å². The Morgan fingerprint density at radius 3 is 2.25 bits per heavy atom. The van der Waals surface area contributed by atoms with Gasteiger partial charge in [0.05, 0.1) is 6.42 Å². The molecule has 0 heterocycles. The first-order chi connectivity index (χ1) is 5.57. The van der Waals surface area contributed by atoms with Crippen LogP contribution in [0.4, 0.5) is 0 Å². The van der Waals surface area contributed by atoms with Crippen LogP contribution in [0.25, 0.3) is 0 Å². The molecule has 0 atom stereocenters. The van der Waals surface area contributed by atoms with Crippen molar-refractivity contribution < 1.29 is 9.90 Å². The van der Waals surface area contributed by atoms with Gasteiger partial charge in [0, 0.05) is 5.54 Å². The summed E-state index contributed by atoms with van der Waals surface area (Å²) in [7, 11) is 3.96. The van der Waals surface area contributed by atoms with Crippen molar-refractivity contribution in [3.05, 3.63) is 0 Å². The van der Waals surface area contributed by atoms with Gasteiger partial charge in [0.25, 0.3) is 0 Å². The van der Waals surface area contributed by atoms with Crippen LogP contribution in [0.1, 0.15) is 32.1 Å². The number of hydrogen-bond acceptors (Lipinski definition) is 2. The first-order valence-electron chi connectivity index (χ1n) is 4.46. The van der Waals surface area contributed by atoms with Crippen LogP contribution in [-0.4, -0.2) is 35.6 Å². The maximum Gasteiger partial charge on any atom is 0.305 e. The van der Waals surface area contributed by atoms with Gasteiger partial charge in [-0.05, 0) is 26.9 Å². The van der Waals surface area contributed by atoms with Gasteiger partial charge in [-0.25, -0.2) is 0 Å². The zero-order valence-corrected chi connectivity index (χ0v) is 7.84. The normalized spacial score (nSPS) is 21.6. The van der Waals surface area contributed by atoms with Gasteiger partial charge in [0.2, 0.25) is 0 Å². The standard InChI is InChI=1S/C9H17NO2/c1-10(2)9(7-8(11)12)5-3-4-6-9/h3-7H2,1-2H3,(H,11,12). The van der Waals surface area contributed by atoms with Crippen molar-refractivity contribution in [1.29, 1.82) is 0 Å². The van der Waals surface area contributed by atoms with Crippen LogP contribution in [0.3, 0.4) is 0 Å². The fourth-order valence-corrected chi connectivity index (χ4v) is 2.10. The lowest BCUT2D eigenvalue weighted by molar-refractivity contribution is -0.140. The summed E-state index contributed by atoms with van der Waals surface area (Å²) in [6, 6.07) is 0. The van der Waals surface area contributed by atoms with Crippen LogP contribution in [0.5, 0.6) is 0 Å². The monoisotopic (exact) mass is 171 g/mol. The summed E-state index contributed by atoms with van der Waals surface area (Å²) in [5, 5.41) is 8.76. The summed E-state index contributed by atoms with van der Waals surface area (Å²) >= 11 is 0. The molecule has 0 spiro atoms. The van der Waals surface area contributed by atoms with Crippen molar-refractivity contribution in [2.24, 2.45) is 0 Å². The number of aliphatic carboxylic acids is 1. The van der Waals surface area contributed by atoms with E-state index in [0.717, 1.165) is 12.8 Å². The van der Waals surface area contributed by atoms with Crippen molar-refractivity contribution in [2.45, 2.75) is 37.6 Å². The topological polar surface area (TPSA) is 40.5 Å². The number of rotatable bonds is 3. The first-order valence-corrected chi connectivity index (χ1v) is 4.46. The zero-order chi connectivity index (χ0) is 9.19. The number of carbonyl (C=O) groups is 1. The summed E-state index contributed by atoms with van der Waals surface area (Å²) in [5.41, 5.74) is -0.0498. The molecule has 1 fully saturated rings. The van der Waals surface area contributed by atoms with Crippen molar-refractivity contribution in [1.82, 2.24) is 4.90 Å². The molecule has 0 radical (unpaired) electrons. The molecule has 1 saturated carbocycles. The minimum absolute atomic E-state index is 0.0498. The lowest BCUT2D eigenvalue weighted by Crippen LogP contribution is -2.43. The van der Waals surface area contributed by atoms with Gasteiger partial charge < -0.3 is 10.0 Å². The molecule has 0 aromatic rings. The van der Waals surface area contributed by atoms with Crippen LogP contribution in [-0.2, 0) is 4.79 Å². The van der Waals surface area contributed by atoms with E-state index in [-0.39, 0.29) is 5.54 Å². The zero-order valence-electron chi connectivity index (χ0n) is 7.84. The van der Waals surface area contributed by atoms with E-state index in [2.05, 4.69) is 4.90 Å². The molecule has 0 saturated heterocycles. The van der Waals surface area contributed by atoms with Gasteiger partial charge in [-0.15, -0.1) is 0 Å². The van der Waals surface area contributed by atoms with E-state index in [1.165, 1.54) is 12.8 Å². The second-order valence-electron chi connectivity index (χ2n) is 3.90. The molecule has 0 unspecified atom stereocenters. The molecule has 12 heavy (non-hydrogen) atoms. The summed E-state index contributed by atoms with van der Waals surface area (Å²) in [6.07, 6.45) is 4.70. The third-order valence-electron chi connectivity index (χ3n) is 2.96. The molecule has 1 rings (SSSR count). The van der Waals surface area contributed by atoms with E-state index in [1.807, 2.05) is 14.1 Å². The van der Waals surface area contributed by atoms with Gasteiger partial charge >= 0.3 is 5.97 Å². The molecule has 70 valence electrons. The summed E-state index contributed by atoms with van der Waals surface area (Å²) < 4.78 is 0. The summed E-state index contributed by atoms with van der Waals surface area (Å²) in [5.74, 6) is -0.675. The highest BCUT2D eigenvalue weighted by Gasteiger charge is 2.37. The molecular weight excluding hydrogens is 154 g/mol. The predicted octanol–water partition coefficient (Wildman–Crippen LogP) is 1.34. The largest absolute Gasteiger partial charge is 0.481 e. The number of hydrogen-bond donors (Lipinski definition) is 1. The number of nitrogens with zero attached hydrogens (tertiary/aromatic N) is 1. The highest BCUT2D eigenvalue weighted by atomic mass is 16.4.